The van der Waals surface area contributed by atoms with Crippen molar-refractivity contribution in [2.75, 3.05) is 0 Å². The number of alkyl halides is 1. The Kier molecular flexibility index (Phi) is 6.34. The third-order valence-corrected chi connectivity index (χ3v) is 2.38. The van der Waals surface area contributed by atoms with Gasteiger partial charge in [-0.05, 0) is 6.92 Å². The average Bonchev–Trinajstić information content (AvgIpc) is 2.46. The van der Waals surface area contributed by atoms with E-state index in [2.05, 4.69) is 4.74 Å². The molecule has 1 rings (SSSR count). The maximum atomic E-state index is 5.31. The zero-order valence-electron chi connectivity index (χ0n) is 5.45. The van der Waals surface area contributed by atoms with Crippen LogP contribution in [0.3, 0.4) is 0 Å². The monoisotopic (exact) mass is 256 g/mol. The van der Waals surface area contributed by atoms with Crippen molar-refractivity contribution in [1.82, 2.24) is 0 Å². The van der Waals surface area contributed by atoms with Crippen molar-refractivity contribution in [3.05, 3.63) is 8.98 Å². The van der Waals surface area contributed by atoms with Crippen LogP contribution in [-0.4, -0.2) is 11.7 Å². The van der Waals surface area contributed by atoms with Crippen LogP contribution in [0.25, 0.3) is 0 Å². The van der Waals surface area contributed by atoms with Gasteiger partial charge in [0.25, 0.3) is 0 Å². The van der Waals surface area contributed by atoms with Gasteiger partial charge in [-0.1, -0.05) is 58.0 Å². The molecule has 0 bridgehead atoms. The minimum atomic E-state index is -0.0988. The van der Waals surface area contributed by atoms with Crippen molar-refractivity contribution in [3.63, 3.8) is 0 Å². The Morgan fingerprint density at radius 1 is 1.09 bits per heavy atom. The number of rotatable bonds is 0. The van der Waals surface area contributed by atoms with Gasteiger partial charge in [-0.15, -0.1) is 0 Å². The van der Waals surface area contributed by atoms with Gasteiger partial charge in [-0.25, -0.2) is 0 Å². The van der Waals surface area contributed by atoms with Gasteiger partial charge in [0.15, 0.2) is 5.56 Å². The molecule has 1 heterocycles. The van der Waals surface area contributed by atoms with Crippen LogP contribution in [-0.2, 0) is 4.74 Å². The third kappa shape index (κ3) is 7.51. The van der Waals surface area contributed by atoms with Gasteiger partial charge in [-0.2, -0.15) is 0 Å². The molecular formula is C5H5Cl5O. The molecule has 0 radical (unpaired) electrons. The lowest BCUT2D eigenvalue weighted by Crippen LogP contribution is -1.69. The number of hydrogen-bond donors (Lipinski definition) is 0. The smallest absolute Gasteiger partial charge is 0.157 e. The van der Waals surface area contributed by atoms with Crippen LogP contribution in [0.5, 0.6) is 0 Å². The lowest BCUT2D eigenvalue weighted by atomic mass is 10.6. The second-order valence-electron chi connectivity index (χ2n) is 1.71. The third-order valence-electron chi connectivity index (χ3n) is 0.780. The fraction of sp³-hybridized carbons (Fsp3) is 0.600. The molecule has 1 aliphatic heterocycles. The second-order valence-corrected chi connectivity index (χ2v) is 4.04. The summed E-state index contributed by atoms with van der Waals surface area (Å²) in [5.41, 5.74) is 0.0231. The van der Waals surface area contributed by atoms with E-state index in [1.807, 2.05) is 6.92 Å². The van der Waals surface area contributed by atoms with Crippen molar-refractivity contribution < 1.29 is 4.74 Å². The number of ether oxygens (including phenoxy) is 1. The van der Waals surface area contributed by atoms with E-state index >= 15 is 0 Å². The molecular weight excluding hydrogens is 253 g/mol. The predicted molar refractivity (Wildman–Crippen MR) is 50.6 cm³/mol. The Labute approximate surface area is 90.1 Å². The molecule has 2 unspecified atom stereocenters. The Bertz CT molecular complexity index is 133. The van der Waals surface area contributed by atoms with Gasteiger partial charge in [0.2, 0.25) is 0 Å². The summed E-state index contributed by atoms with van der Waals surface area (Å²) in [6, 6.07) is 0. The maximum absolute atomic E-state index is 5.31. The molecule has 11 heavy (non-hydrogen) atoms. The fourth-order valence-corrected chi connectivity index (χ4v) is 0.322. The Hall–Kier alpha value is 1.15. The highest BCUT2D eigenvalue weighted by Gasteiger charge is 2.30. The number of hydrogen-bond acceptors (Lipinski definition) is 1. The standard InChI is InChI=1S/C3H5ClO.C2Cl4/c1-2-3(4)5-2;3-1(4)2(5)6/h2-3H,1H3;. The van der Waals surface area contributed by atoms with Gasteiger partial charge in [0.1, 0.15) is 8.98 Å². The van der Waals surface area contributed by atoms with Crippen molar-refractivity contribution in [2.24, 2.45) is 0 Å². The topological polar surface area (TPSA) is 12.5 Å². The highest BCUT2D eigenvalue weighted by molar-refractivity contribution is 6.67. The van der Waals surface area contributed by atoms with Gasteiger partial charge in [-0.3, -0.25) is 0 Å². The SMILES string of the molecule is CC1OC1Cl.ClC(Cl)=C(Cl)Cl. The van der Waals surface area contributed by atoms with Crippen LogP contribution in [0.15, 0.2) is 8.98 Å². The van der Waals surface area contributed by atoms with Crippen molar-refractivity contribution >= 4 is 58.0 Å². The molecule has 1 saturated heterocycles. The van der Waals surface area contributed by atoms with E-state index in [0.29, 0.717) is 6.10 Å². The summed E-state index contributed by atoms with van der Waals surface area (Å²) >= 11 is 25.3. The first-order valence-corrected chi connectivity index (χ1v) is 4.55. The van der Waals surface area contributed by atoms with Crippen molar-refractivity contribution in [3.8, 4) is 0 Å². The largest absolute Gasteiger partial charge is 0.353 e. The highest BCUT2D eigenvalue weighted by atomic mass is 35.5. The van der Waals surface area contributed by atoms with Crippen LogP contribution >= 0.6 is 58.0 Å². The normalized spacial score (nSPS) is 26.7. The Morgan fingerprint density at radius 3 is 1.27 bits per heavy atom. The summed E-state index contributed by atoms with van der Waals surface area (Å²) in [4.78, 5) is 0. The minimum absolute atomic E-state index is 0.0231. The van der Waals surface area contributed by atoms with Crippen LogP contribution < -0.4 is 0 Å². The zero-order valence-corrected chi connectivity index (χ0v) is 9.23. The molecule has 1 fully saturated rings. The van der Waals surface area contributed by atoms with E-state index < -0.39 is 0 Å². The molecule has 0 aliphatic carbocycles. The van der Waals surface area contributed by atoms with Crippen LogP contribution in [0, 0.1) is 0 Å². The summed E-state index contributed by atoms with van der Waals surface area (Å²) in [6.45, 7) is 1.94. The number of epoxide rings is 1. The fourth-order valence-electron chi connectivity index (χ4n) is 0.160. The molecule has 2 atom stereocenters. The number of halogens is 5. The molecule has 0 aromatic heterocycles. The second kappa shape index (κ2) is 5.74. The summed E-state index contributed by atoms with van der Waals surface area (Å²) in [7, 11) is 0. The molecule has 0 saturated carbocycles. The quantitative estimate of drug-likeness (QED) is 0.472. The van der Waals surface area contributed by atoms with E-state index in [1.54, 1.807) is 0 Å². The Morgan fingerprint density at radius 2 is 1.27 bits per heavy atom. The molecule has 0 aromatic rings. The molecule has 1 aliphatic rings. The first-order valence-electron chi connectivity index (χ1n) is 2.61. The minimum Gasteiger partial charge on any atom is -0.353 e. The lowest BCUT2D eigenvalue weighted by Gasteiger charge is -1.75. The summed E-state index contributed by atoms with van der Waals surface area (Å²) < 4.78 is 4.48. The van der Waals surface area contributed by atoms with Crippen LogP contribution in [0.2, 0.25) is 0 Å². The highest BCUT2D eigenvalue weighted by Crippen LogP contribution is 2.23. The summed E-state index contributed by atoms with van der Waals surface area (Å²) in [6.07, 6.45) is 0.316. The van der Waals surface area contributed by atoms with Gasteiger partial charge in [0, 0.05) is 0 Å². The van der Waals surface area contributed by atoms with Gasteiger partial charge < -0.3 is 4.74 Å². The summed E-state index contributed by atoms with van der Waals surface area (Å²) in [5.74, 6) is 0. The van der Waals surface area contributed by atoms with Gasteiger partial charge >= 0.3 is 0 Å². The molecule has 66 valence electrons. The molecule has 0 amide bonds. The lowest BCUT2D eigenvalue weighted by molar-refractivity contribution is 0.411. The van der Waals surface area contributed by atoms with E-state index in [1.165, 1.54) is 0 Å². The van der Waals surface area contributed by atoms with Crippen molar-refractivity contribution in [1.29, 1.82) is 0 Å². The molecule has 0 aromatic carbocycles. The molecule has 0 spiro atoms. The van der Waals surface area contributed by atoms with E-state index in [-0.39, 0.29) is 14.5 Å². The predicted octanol–water partition coefficient (Wildman–Crippen LogP) is 4.04. The molecule has 0 N–H and O–H groups in total. The zero-order chi connectivity index (χ0) is 9.02. The van der Waals surface area contributed by atoms with E-state index in [9.17, 15) is 0 Å². The first kappa shape index (κ1) is 12.2. The van der Waals surface area contributed by atoms with Crippen molar-refractivity contribution in [2.45, 2.75) is 18.6 Å². The maximum Gasteiger partial charge on any atom is 0.157 e. The first-order chi connectivity index (χ1) is 4.95. The molecule has 1 nitrogen and oxygen atoms in total. The summed E-state index contributed by atoms with van der Waals surface area (Å²) in [5, 5.41) is 0. The van der Waals surface area contributed by atoms with Gasteiger partial charge in [0.05, 0.1) is 6.10 Å². The van der Waals surface area contributed by atoms with E-state index in [0.717, 1.165) is 0 Å². The van der Waals surface area contributed by atoms with Crippen LogP contribution in [0.1, 0.15) is 6.92 Å². The average molecular weight is 258 g/mol. The van der Waals surface area contributed by atoms with Crippen LogP contribution in [0.4, 0.5) is 0 Å². The molecule has 6 heteroatoms. The Balaban J connectivity index is 0.000000183. The van der Waals surface area contributed by atoms with E-state index in [4.69, 9.17) is 58.0 Å².